The Hall–Kier alpha value is -2.05. The van der Waals surface area contributed by atoms with Crippen molar-refractivity contribution in [2.75, 3.05) is 5.43 Å². The smallest absolute Gasteiger partial charge is 0.252 e. The van der Waals surface area contributed by atoms with E-state index in [9.17, 15) is 9.90 Å². The SMILES string of the molecule is C/C(=N\Nc1nc(C)cc(=O)[nH]1)c1cc(Cl)cc(Cl)c1O. The first-order chi connectivity index (χ1) is 9.86. The zero-order valence-corrected chi connectivity index (χ0v) is 12.7. The predicted octanol–water partition coefficient (Wildman–Crippen LogP) is 2.93. The van der Waals surface area contributed by atoms with E-state index in [4.69, 9.17) is 23.2 Å². The van der Waals surface area contributed by atoms with Crippen molar-refractivity contribution < 1.29 is 5.11 Å². The quantitative estimate of drug-likeness (QED) is 0.597. The summed E-state index contributed by atoms with van der Waals surface area (Å²) < 4.78 is 0. The van der Waals surface area contributed by atoms with Crippen LogP contribution in [0, 0.1) is 6.92 Å². The molecule has 0 radical (unpaired) electrons. The van der Waals surface area contributed by atoms with Crippen molar-refractivity contribution >= 4 is 34.9 Å². The van der Waals surface area contributed by atoms with Crippen molar-refractivity contribution in [3.8, 4) is 5.75 Å². The number of H-pyrrole nitrogens is 1. The van der Waals surface area contributed by atoms with Crippen LogP contribution in [0.2, 0.25) is 10.0 Å². The number of hydrogen-bond acceptors (Lipinski definition) is 5. The summed E-state index contributed by atoms with van der Waals surface area (Å²) in [5, 5.41) is 14.5. The van der Waals surface area contributed by atoms with E-state index in [1.54, 1.807) is 13.8 Å². The Balaban J connectivity index is 2.31. The van der Waals surface area contributed by atoms with Crippen LogP contribution in [0.15, 0.2) is 28.1 Å². The molecule has 0 amide bonds. The molecule has 0 saturated heterocycles. The van der Waals surface area contributed by atoms with Crippen LogP contribution in [0.4, 0.5) is 5.95 Å². The maximum atomic E-state index is 11.3. The number of halogens is 2. The minimum Gasteiger partial charge on any atom is -0.506 e. The Morgan fingerprint density at radius 2 is 2.10 bits per heavy atom. The Morgan fingerprint density at radius 1 is 1.38 bits per heavy atom. The summed E-state index contributed by atoms with van der Waals surface area (Å²) >= 11 is 11.7. The van der Waals surface area contributed by atoms with Crippen molar-refractivity contribution in [3.63, 3.8) is 0 Å². The lowest BCUT2D eigenvalue weighted by Crippen LogP contribution is -2.11. The number of hydrazone groups is 1. The second-order valence-electron chi connectivity index (χ2n) is 4.33. The van der Waals surface area contributed by atoms with Crippen molar-refractivity contribution in [3.05, 3.63) is 49.9 Å². The summed E-state index contributed by atoms with van der Waals surface area (Å²) in [6, 6.07) is 4.34. The van der Waals surface area contributed by atoms with Gasteiger partial charge in [-0.3, -0.25) is 9.78 Å². The van der Waals surface area contributed by atoms with E-state index in [2.05, 4.69) is 20.5 Å². The fraction of sp³-hybridized carbons (Fsp3) is 0.154. The summed E-state index contributed by atoms with van der Waals surface area (Å²) in [4.78, 5) is 17.9. The number of nitrogens with one attached hydrogen (secondary N) is 2. The fourth-order valence-electron chi connectivity index (χ4n) is 1.67. The highest BCUT2D eigenvalue weighted by Gasteiger charge is 2.10. The van der Waals surface area contributed by atoms with E-state index in [0.717, 1.165) is 0 Å². The Morgan fingerprint density at radius 3 is 2.76 bits per heavy atom. The van der Waals surface area contributed by atoms with Gasteiger partial charge < -0.3 is 5.11 Å². The number of aromatic amines is 1. The van der Waals surface area contributed by atoms with Crippen LogP contribution in [0.3, 0.4) is 0 Å². The predicted molar refractivity (Wildman–Crippen MR) is 83.6 cm³/mol. The van der Waals surface area contributed by atoms with Gasteiger partial charge in [-0.1, -0.05) is 23.2 Å². The highest BCUT2D eigenvalue weighted by molar-refractivity contribution is 6.36. The average molecular weight is 327 g/mol. The zero-order valence-electron chi connectivity index (χ0n) is 11.2. The maximum Gasteiger partial charge on any atom is 0.252 e. The number of aryl methyl sites for hydroxylation is 1. The first kappa shape index (κ1) is 15.3. The molecule has 0 unspecified atom stereocenters. The number of rotatable bonds is 3. The van der Waals surface area contributed by atoms with Gasteiger partial charge >= 0.3 is 0 Å². The lowest BCUT2D eigenvalue weighted by atomic mass is 10.1. The molecule has 0 aliphatic carbocycles. The van der Waals surface area contributed by atoms with E-state index >= 15 is 0 Å². The largest absolute Gasteiger partial charge is 0.506 e. The molecule has 110 valence electrons. The fourth-order valence-corrected chi connectivity index (χ4v) is 2.16. The third-order valence-corrected chi connectivity index (χ3v) is 3.12. The van der Waals surface area contributed by atoms with Gasteiger partial charge in [-0.15, -0.1) is 0 Å². The summed E-state index contributed by atoms with van der Waals surface area (Å²) in [5.41, 5.74) is 3.70. The molecule has 1 heterocycles. The van der Waals surface area contributed by atoms with Crippen molar-refractivity contribution in [1.29, 1.82) is 0 Å². The molecule has 1 aromatic heterocycles. The van der Waals surface area contributed by atoms with Gasteiger partial charge in [0.05, 0.1) is 10.7 Å². The number of anilines is 1. The van der Waals surface area contributed by atoms with Crippen LogP contribution in [0.5, 0.6) is 5.75 Å². The van der Waals surface area contributed by atoms with Crippen LogP contribution in [0.1, 0.15) is 18.2 Å². The van der Waals surface area contributed by atoms with Crippen LogP contribution < -0.4 is 11.0 Å². The standard InChI is InChI=1S/C13H12Cl2N4O2/c1-6-3-11(20)17-13(16-6)19-18-7(2)9-4-8(14)5-10(15)12(9)21/h3-5,21H,1-2H3,(H2,16,17,19,20)/b18-7+. The first-order valence-corrected chi connectivity index (χ1v) is 6.69. The van der Waals surface area contributed by atoms with Gasteiger partial charge in [0.1, 0.15) is 5.75 Å². The monoisotopic (exact) mass is 326 g/mol. The van der Waals surface area contributed by atoms with Gasteiger partial charge in [0.15, 0.2) is 0 Å². The van der Waals surface area contributed by atoms with Crippen molar-refractivity contribution in [1.82, 2.24) is 9.97 Å². The van der Waals surface area contributed by atoms with Crippen LogP contribution in [0.25, 0.3) is 0 Å². The molecule has 0 bridgehead atoms. The van der Waals surface area contributed by atoms with Crippen LogP contribution in [-0.2, 0) is 0 Å². The summed E-state index contributed by atoms with van der Waals surface area (Å²) in [5.74, 6) is 0.0850. The third kappa shape index (κ3) is 3.74. The minimum atomic E-state index is -0.286. The number of phenols is 1. The topological polar surface area (TPSA) is 90.4 Å². The molecule has 3 N–H and O–H groups in total. The highest BCUT2D eigenvalue weighted by atomic mass is 35.5. The van der Waals surface area contributed by atoms with Crippen LogP contribution >= 0.6 is 23.2 Å². The molecule has 1 aromatic carbocycles. The van der Waals surface area contributed by atoms with Gasteiger partial charge in [0.2, 0.25) is 5.95 Å². The molecule has 0 aliphatic heterocycles. The zero-order chi connectivity index (χ0) is 15.6. The van der Waals surface area contributed by atoms with Gasteiger partial charge in [-0.2, -0.15) is 5.10 Å². The molecule has 0 fully saturated rings. The minimum absolute atomic E-state index is 0.116. The van der Waals surface area contributed by atoms with Gasteiger partial charge in [0.25, 0.3) is 5.56 Å². The average Bonchev–Trinajstić information content (AvgIpc) is 2.39. The second-order valence-corrected chi connectivity index (χ2v) is 5.17. The normalized spacial score (nSPS) is 11.5. The van der Waals surface area contributed by atoms with E-state index in [0.29, 0.717) is 22.0 Å². The molecular weight excluding hydrogens is 315 g/mol. The van der Waals surface area contributed by atoms with Gasteiger partial charge in [-0.05, 0) is 26.0 Å². The molecule has 0 spiro atoms. The number of phenolic OH excluding ortho intramolecular Hbond substituents is 1. The molecule has 21 heavy (non-hydrogen) atoms. The molecule has 2 aromatic rings. The Labute approximate surface area is 130 Å². The number of benzene rings is 1. The van der Waals surface area contributed by atoms with E-state index in [1.807, 2.05) is 0 Å². The number of hydrogen-bond donors (Lipinski definition) is 3. The molecule has 8 heteroatoms. The molecule has 0 aliphatic rings. The number of aromatic hydroxyl groups is 1. The van der Waals surface area contributed by atoms with Gasteiger partial charge in [0, 0.05) is 22.3 Å². The van der Waals surface area contributed by atoms with E-state index in [-0.39, 0.29) is 22.3 Å². The maximum absolute atomic E-state index is 11.3. The molecule has 0 atom stereocenters. The lowest BCUT2D eigenvalue weighted by Gasteiger charge is -2.07. The second kappa shape index (κ2) is 6.15. The molecule has 2 rings (SSSR count). The van der Waals surface area contributed by atoms with E-state index < -0.39 is 0 Å². The molecule has 6 nitrogen and oxygen atoms in total. The highest BCUT2D eigenvalue weighted by Crippen LogP contribution is 2.31. The lowest BCUT2D eigenvalue weighted by molar-refractivity contribution is 0.474. The summed E-state index contributed by atoms with van der Waals surface area (Å²) in [6.45, 7) is 3.35. The first-order valence-electron chi connectivity index (χ1n) is 5.93. The van der Waals surface area contributed by atoms with Crippen molar-refractivity contribution in [2.45, 2.75) is 13.8 Å². The van der Waals surface area contributed by atoms with Crippen molar-refractivity contribution in [2.24, 2.45) is 5.10 Å². The Kier molecular flexibility index (Phi) is 4.50. The summed E-state index contributed by atoms with van der Waals surface area (Å²) in [6.07, 6.45) is 0. The molecule has 0 saturated carbocycles. The summed E-state index contributed by atoms with van der Waals surface area (Å²) in [7, 11) is 0. The number of nitrogens with zero attached hydrogens (tertiary/aromatic N) is 2. The van der Waals surface area contributed by atoms with Gasteiger partial charge in [-0.25, -0.2) is 10.4 Å². The molecular formula is C13H12Cl2N4O2. The third-order valence-electron chi connectivity index (χ3n) is 2.62. The number of aromatic nitrogens is 2. The Bertz CT molecular complexity index is 771. The van der Waals surface area contributed by atoms with Crippen LogP contribution in [-0.4, -0.2) is 20.8 Å². The van der Waals surface area contributed by atoms with E-state index in [1.165, 1.54) is 18.2 Å².